The molecule has 0 amide bonds. The van der Waals surface area contributed by atoms with Gasteiger partial charge >= 0.3 is 0 Å². The van der Waals surface area contributed by atoms with Gasteiger partial charge in [-0.3, -0.25) is 0 Å². The molecule has 1 heterocycles. The summed E-state index contributed by atoms with van der Waals surface area (Å²) < 4.78 is 23.1. The Labute approximate surface area is 144 Å². The minimum Gasteiger partial charge on any atom is -0.364 e. The normalized spacial score (nSPS) is 17.4. The molecule has 0 aliphatic carbocycles. The maximum absolute atomic E-state index is 11.5. The molecule has 2 N–H and O–H groups in total. The molecular formula is C19H24N2O2S. The van der Waals surface area contributed by atoms with Gasteiger partial charge in [0.2, 0.25) is 10.0 Å². The SMILES string of the molecule is CC(C)c1ccc(CN2c3ccc(S(N)(=O)=O)cc3C[C@H]2C)cc1. The molecule has 2 aromatic carbocycles. The van der Waals surface area contributed by atoms with Crippen molar-refractivity contribution in [2.45, 2.75) is 50.6 Å². The Morgan fingerprint density at radius 2 is 1.83 bits per heavy atom. The predicted octanol–water partition coefficient (Wildman–Crippen LogP) is 3.41. The van der Waals surface area contributed by atoms with Crippen LogP contribution in [-0.4, -0.2) is 14.5 Å². The fourth-order valence-corrected chi connectivity index (χ4v) is 3.86. The third-order valence-electron chi connectivity index (χ3n) is 4.74. The van der Waals surface area contributed by atoms with E-state index in [0.717, 1.165) is 24.2 Å². The molecule has 4 nitrogen and oxygen atoms in total. The molecule has 2 aromatic rings. The highest BCUT2D eigenvalue weighted by molar-refractivity contribution is 7.89. The van der Waals surface area contributed by atoms with Crippen molar-refractivity contribution < 1.29 is 8.42 Å². The second kappa shape index (κ2) is 6.22. The van der Waals surface area contributed by atoms with Gasteiger partial charge in [0.25, 0.3) is 0 Å². The van der Waals surface area contributed by atoms with Gasteiger partial charge in [0.1, 0.15) is 0 Å². The maximum atomic E-state index is 11.5. The van der Waals surface area contributed by atoms with Crippen molar-refractivity contribution in [3.63, 3.8) is 0 Å². The van der Waals surface area contributed by atoms with Crippen LogP contribution in [0.2, 0.25) is 0 Å². The zero-order valence-corrected chi connectivity index (χ0v) is 15.2. The van der Waals surface area contributed by atoms with Gasteiger partial charge in [0, 0.05) is 18.3 Å². The summed E-state index contributed by atoms with van der Waals surface area (Å²) >= 11 is 0. The lowest BCUT2D eigenvalue weighted by Crippen LogP contribution is -2.28. The van der Waals surface area contributed by atoms with Crippen molar-refractivity contribution in [3.05, 3.63) is 59.2 Å². The number of nitrogens with two attached hydrogens (primary N) is 1. The average molecular weight is 344 g/mol. The van der Waals surface area contributed by atoms with E-state index in [1.807, 2.05) is 6.07 Å². The van der Waals surface area contributed by atoms with Crippen molar-refractivity contribution in [2.75, 3.05) is 4.90 Å². The molecule has 0 bridgehead atoms. The Kier molecular flexibility index (Phi) is 4.40. The zero-order valence-electron chi connectivity index (χ0n) is 14.4. The third kappa shape index (κ3) is 3.32. The van der Waals surface area contributed by atoms with Crippen LogP contribution in [0.5, 0.6) is 0 Å². The van der Waals surface area contributed by atoms with Crippen LogP contribution in [0, 0.1) is 0 Å². The quantitative estimate of drug-likeness (QED) is 0.924. The second-order valence-electron chi connectivity index (χ2n) is 6.91. The first-order valence-electron chi connectivity index (χ1n) is 8.27. The molecular weight excluding hydrogens is 320 g/mol. The average Bonchev–Trinajstić information content (AvgIpc) is 2.82. The van der Waals surface area contributed by atoms with Gasteiger partial charge in [0.05, 0.1) is 4.90 Å². The lowest BCUT2D eigenvalue weighted by Gasteiger charge is -2.25. The Morgan fingerprint density at radius 3 is 2.42 bits per heavy atom. The highest BCUT2D eigenvalue weighted by Gasteiger charge is 2.27. The van der Waals surface area contributed by atoms with Crippen LogP contribution in [-0.2, 0) is 23.0 Å². The number of fused-ring (bicyclic) bond motifs is 1. The fraction of sp³-hybridized carbons (Fsp3) is 0.368. The Balaban J connectivity index is 1.86. The summed E-state index contributed by atoms with van der Waals surface area (Å²) in [7, 11) is -3.65. The molecule has 0 saturated heterocycles. The largest absolute Gasteiger partial charge is 0.364 e. The van der Waals surface area contributed by atoms with Crippen LogP contribution < -0.4 is 10.0 Å². The molecule has 0 saturated carbocycles. The number of sulfonamides is 1. The molecule has 0 unspecified atom stereocenters. The summed E-state index contributed by atoms with van der Waals surface area (Å²) in [5, 5.41) is 5.24. The third-order valence-corrected chi connectivity index (χ3v) is 5.65. The lowest BCUT2D eigenvalue weighted by molar-refractivity contribution is 0.597. The number of rotatable bonds is 4. The highest BCUT2D eigenvalue weighted by atomic mass is 32.2. The molecule has 0 aromatic heterocycles. The zero-order chi connectivity index (χ0) is 17.5. The van der Waals surface area contributed by atoms with Crippen molar-refractivity contribution in [2.24, 2.45) is 5.14 Å². The van der Waals surface area contributed by atoms with Crippen LogP contribution in [0.4, 0.5) is 5.69 Å². The van der Waals surface area contributed by atoms with E-state index in [0.29, 0.717) is 12.0 Å². The Morgan fingerprint density at radius 1 is 1.17 bits per heavy atom. The van der Waals surface area contributed by atoms with Crippen LogP contribution in [0.1, 0.15) is 43.4 Å². The van der Waals surface area contributed by atoms with E-state index < -0.39 is 10.0 Å². The fourth-order valence-electron chi connectivity index (χ4n) is 3.29. The molecule has 0 spiro atoms. The van der Waals surface area contributed by atoms with E-state index in [1.165, 1.54) is 11.1 Å². The lowest BCUT2D eigenvalue weighted by atomic mass is 10.0. The monoisotopic (exact) mass is 344 g/mol. The van der Waals surface area contributed by atoms with Crippen molar-refractivity contribution in [1.29, 1.82) is 0 Å². The van der Waals surface area contributed by atoms with E-state index in [2.05, 4.69) is 49.9 Å². The highest BCUT2D eigenvalue weighted by Crippen LogP contribution is 2.34. The van der Waals surface area contributed by atoms with E-state index >= 15 is 0 Å². The topological polar surface area (TPSA) is 63.4 Å². The van der Waals surface area contributed by atoms with Crippen LogP contribution in [0.3, 0.4) is 0 Å². The first-order chi connectivity index (χ1) is 11.3. The standard InChI is InChI=1S/C19H24N2O2S/c1-13(2)16-6-4-15(5-7-16)12-21-14(3)10-17-11-18(24(20,22)23)8-9-19(17)21/h4-9,11,13-14H,10,12H2,1-3H3,(H2,20,22,23)/t14-/m1/s1. The molecule has 5 heteroatoms. The molecule has 3 rings (SSSR count). The predicted molar refractivity (Wildman–Crippen MR) is 97.7 cm³/mol. The smallest absolute Gasteiger partial charge is 0.238 e. The van der Waals surface area contributed by atoms with E-state index in [-0.39, 0.29) is 4.90 Å². The van der Waals surface area contributed by atoms with E-state index in [4.69, 9.17) is 5.14 Å². The van der Waals surface area contributed by atoms with Gasteiger partial charge in [-0.2, -0.15) is 0 Å². The Bertz CT molecular complexity index is 842. The van der Waals surface area contributed by atoms with Crippen LogP contribution >= 0.6 is 0 Å². The van der Waals surface area contributed by atoms with Crippen molar-refractivity contribution in [3.8, 4) is 0 Å². The number of hydrogen-bond donors (Lipinski definition) is 1. The summed E-state index contributed by atoms with van der Waals surface area (Å²) in [6.45, 7) is 7.37. The molecule has 128 valence electrons. The second-order valence-corrected chi connectivity index (χ2v) is 8.47. The molecule has 0 fully saturated rings. The number of anilines is 1. The van der Waals surface area contributed by atoms with Gasteiger partial charge in [-0.05, 0) is 54.2 Å². The van der Waals surface area contributed by atoms with Crippen molar-refractivity contribution in [1.82, 2.24) is 0 Å². The number of primary sulfonamides is 1. The molecule has 1 atom stereocenters. The van der Waals surface area contributed by atoms with Crippen LogP contribution in [0.15, 0.2) is 47.4 Å². The van der Waals surface area contributed by atoms with E-state index in [1.54, 1.807) is 12.1 Å². The molecule has 1 aliphatic rings. The van der Waals surface area contributed by atoms with Gasteiger partial charge in [-0.15, -0.1) is 0 Å². The summed E-state index contributed by atoms with van der Waals surface area (Å²) in [6, 6.07) is 14.3. The van der Waals surface area contributed by atoms with Crippen molar-refractivity contribution >= 4 is 15.7 Å². The molecule has 0 radical (unpaired) electrons. The maximum Gasteiger partial charge on any atom is 0.238 e. The summed E-state index contributed by atoms with van der Waals surface area (Å²) in [4.78, 5) is 2.52. The minimum absolute atomic E-state index is 0.191. The Hall–Kier alpha value is -1.85. The van der Waals surface area contributed by atoms with Gasteiger partial charge in [-0.25, -0.2) is 13.6 Å². The van der Waals surface area contributed by atoms with Gasteiger partial charge in [0.15, 0.2) is 0 Å². The van der Waals surface area contributed by atoms with Gasteiger partial charge in [-0.1, -0.05) is 38.1 Å². The summed E-state index contributed by atoms with van der Waals surface area (Å²) in [6.07, 6.45) is 0.836. The van der Waals surface area contributed by atoms with Crippen LogP contribution in [0.25, 0.3) is 0 Å². The number of hydrogen-bond acceptors (Lipinski definition) is 3. The van der Waals surface area contributed by atoms with Gasteiger partial charge < -0.3 is 4.90 Å². The molecule has 1 aliphatic heterocycles. The van der Waals surface area contributed by atoms with E-state index in [9.17, 15) is 8.42 Å². The first kappa shape index (κ1) is 17.0. The minimum atomic E-state index is -3.65. The number of nitrogens with zero attached hydrogens (tertiary/aromatic N) is 1. The first-order valence-corrected chi connectivity index (χ1v) is 9.81. The summed E-state index contributed by atoms with van der Waals surface area (Å²) in [5.41, 5.74) is 4.75. The summed E-state index contributed by atoms with van der Waals surface area (Å²) in [5.74, 6) is 0.530. The number of benzene rings is 2. The molecule has 24 heavy (non-hydrogen) atoms.